The van der Waals surface area contributed by atoms with Gasteiger partial charge in [0, 0.05) is 11.4 Å². The predicted octanol–water partition coefficient (Wildman–Crippen LogP) is 4.07. The first kappa shape index (κ1) is 14.0. The Kier molecular flexibility index (Phi) is 3.88. The van der Waals surface area contributed by atoms with Gasteiger partial charge in [-0.15, -0.1) is 0 Å². The monoisotopic (exact) mass is 282 g/mol. The van der Waals surface area contributed by atoms with Gasteiger partial charge < -0.3 is 5.11 Å². The summed E-state index contributed by atoms with van der Waals surface area (Å²) in [5.41, 5.74) is -0.450. The molecule has 2 aromatic carbocycles. The zero-order valence-corrected chi connectivity index (χ0v) is 11.1. The summed E-state index contributed by atoms with van der Waals surface area (Å²) in [5.74, 6) is -0.805. The number of aliphatic hydroxyl groups is 1. The van der Waals surface area contributed by atoms with Crippen molar-refractivity contribution in [3.63, 3.8) is 0 Å². The molecule has 19 heavy (non-hydrogen) atoms. The first-order valence-corrected chi connectivity index (χ1v) is 6.19. The molecular weight excluding hydrogens is 270 g/mol. The average molecular weight is 283 g/mol. The van der Waals surface area contributed by atoms with Gasteiger partial charge in [0.1, 0.15) is 11.6 Å². The van der Waals surface area contributed by atoms with Crippen LogP contribution < -0.4 is 0 Å². The van der Waals surface area contributed by atoms with Crippen molar-refractivity contribution >= 4 is 11.6 Å². The number of rotatable bonds is 3. The third kappa shape index (κ3) is 3.31. The molecule has 100 valence electrons. The van der Waals surface area contributed by atoms with E-state index >= 15 is 0 Å². The molecule has 1 N–H and O–H groups in total. The van der Waals surface area contributed by atoms with E-state index in [2.05, 4.69) is 0 Å². The summed E-state index contributed by atoms with van der Waals surface area (Å²) < 4.78 is 26.5. The van der Waals surface area contributed by atoms with Crippen molar-refractivity contribution in [2.45, 2.75) is 18.9 Å². The molecule has 0 heterocycles. The molecule has 0 aromatic heterocycles. The van der Waals surface area contributed by atoms with Crippen LogP contribution in [0.3, 0.4) is 0 Å². The van der Waals surface area contributed by atoms with Crippen molar-refractivity contribution in [2.24, 2.45) is 0 Å². The van der Waals surface area contributed by atoms with E-state index in [0.29, 0.717) is 16.1 Å². The van der Waals surface area contributed by atoms with Gasteiger partial charge >= 0.3 is 0 Å². The molecule has 4 heteroatoms. The largest absolute Gasteiger partial charge is 0.385 e. The molecule has 0 amide bonds. The van der Waals surface area contributed by atoms with Gasteiger partial charge in [-0.05, 0) is 48.4 Å². The topological polar surface area (TPSA) is 20.2 Å². The van der Waals surface area contributed by atoms with Crippen molar-refractivity contribution < 1.29 is 13.9 Å². The second-order valence-electron chi connectivity index (χ2n) is 4.69. The molecule has 0 aliphatic carbocycles. The minimum Gasteiger partial charge on any atom is -0.385 e. The van der Waals surface area contributed by atoms with Crippen LogP contribution in [-0.2, 0) is 12.0 Å². The predicted molar refractivity (Wildman–Crippen MR) is 71.1 cm³/mol. The molecule has 0 radical (unpaired) electrons. The summed E-state index contributed by atoms with van der Waals surface area (Å²) in [6.07, 6.45) is 0.0605. The van der Waals surface area contributed by atoms with E-state index in [4.69, 9.17) is 11.6 Å². The summed E-state index contributed by atoms with van der Waals surface area (Å²) in [7, 11) is 0. The lowest BCUT2D eigenvalue weighted by Crippen LogP contribution is -2.24. The first-order valence-electron chi connectivity index (χ1n) is 5.81. The van der Waals surface area contributed by atoms with E-state index < -0.39 is 11.4 Å². The molecule has 1 atom stereocenters. The summed E-state index contributed by atoms with van der Waals surface area (Å²) >= 11 is 5.81. The number of hydrogen-bond acceptors (Lipinski definition) is 1. The fraction of sp³-hybridized carbons (Fsp3) is 0.200. The third-order valence-corrected chi connectivity index (χ3v) is 3.24. The molecular formula is C15H13ClF2O. The van der Waals surface area contributed by atoms with Crippen LogP contribution in [-0.4, -0.2) is 5.11 Å². The van der Waals surface area contributed by atoms with Crippen LogP contribution in [0.2, 0.25) is 5.02 Å². The Bertz CT molecular complexity index is 579. The van der Waals surface area contributed by atoms with Crippen molar-refractivity contribution in [2.75, 3.05) is 0 Å². The zero-order valence-electron chi connectivity index (χ0n) is 10.3. The molecule has 2 aromatic rings. The lowest BCUT2D eigenvalue weighted by Gasteiger charge is -2.24. The quantitative estimate of drug-likeness (QED) is 0.900. The lowest BCUT2D eigenvalue weighted by atomic mass is 9.89. The molecule has 0 bridgehead atoms. The smallest absolute Gasteiger partial charge is 0.126 e. The van der Waals surface area contributed by atoms with Gasteiger partial charge in [0.25, 0.3) is 0 Å². The molecule has 1 unspecified atom stereocenters. The van der Waals surface area contributed by atoms with Gasteiger partial charge in [-0.2, -0.15) is 0 Å². The van der Waals surface area contributed by atoms with Gasteiger partial charge in [-0.3, -0.25) is 0 Å². The number of halogens is 3. The summed E-state index contributed by atoms with van der Waals surface area (Å²) in [6.45, 7) is 1.56. The SMILES string of the molecule is CC(O)(Cc1cc(Cl)ccc1F)c1ccc(F)cc1. The molecule has 2 rings (SSSR count). The highest BCUT2D eigenvalue weighted by molar-refractivity contribution is 6.30. The molecule has 0 aliphatic rings. The van der Waals surface area contributed by atoms with Crippen LogP contribution in [0.4, 0.5) is 8.78 Å². The highest BCUT2D eigenvalue weighted by Crippen LogP contribution is 2.27. The second-order valence-corrected chi connectivity index (χ2v) is 5.13. The lowest BCUT2D eigenvalue weighted by molar-refractivity contribution is 0.0566. The van der Waals surface area contributed by atoms with E-state index in [9.17, 15) is 13.9 Å². The number of hydrogen-bond donors (Lipinski definition) is 1. The molecule has 0 fully saturated rings. The van der Waals surface area contributed by atoms with E-state index in [0.717, 1.165) is 0 Å². The highest BCUT2D eigenvalue weighted by atomic mass is 35.5. The van der Waals surface area contributed by atoms with Gasteiger partial charge in [-0.1, -0.05) is 23.7 Å². The summed E-state index contributed by atoms with van der Waals surface area (Å²) in [4.78, 5) is 0. The van der Waals surface area contributed by atoms with Crippen LogP contribution in [0.5, 0.6) is 0 Å². The first-order chi connectivity index (χ1) is 8.88. The van der Waals surface area contributed by atoms with Crippen LogP contribution in [0.15, 0.2) is 42.5 Å². The standard InChI is InChI=1S/C15H13ClF2O/c1-15(19,11-2-5-13(17)6-3-11)9-10-8-12(16)4-7-14(10)18/h2-8,19H,9H2,1H3. The second kappa shape index (κ2) is 5.27. The Hall–Kier alpha value is -1.45. The highest BCUT2D eigenvalue weighted by Gasteiger charge is 2.25. The van der Waals surface area contributed by atoms with Crippen LogP contribution in [0, 0.1) is 11.6 Å². The Morgan fingerprint density at radius 1 is 1.11 bits per heavy atom. The fourth-order valence-corrected chi connectivity index (χ4v) is 2.16. The van der Waals surface area contributed by atoms with Gasteiger partial charge in [0.2, 0.25) is 0 Å². The maximum Gasteiger partial charge on any atom is 0.126 e. The van der Waals surface area contributed by atoms with Gasteiger partial charge in [-0.25, -0.2) is 8.78 Å². The maximum atomic E-state index is 13.7. The Balaban J connectivity index is 2.30. The maximum absolute atomic E-state index is 13.7. The van der Waals surface area contributed by atoms with E-state index in [1.165, 1.54) is 42.5 Å². The van der Waals surface area contributed by atoms with Crippen molar-refractivity contribution in [3.05, 3.63) is 70.2 Å². The molecule has 0 aliphatic heterocycles. The average Bonchev–Trinajstić information content (AvgIpc) is 2.34. The fourth-order valence-electron chi connectivity index (χ4n) is 1.96. The molecule has 0 spiro atoms. The Labute approximate surface area is 115 Å². The van der Waals surface area contributed by atoms with Crippen molar-refractivity contribution in [1.29, 1.82) is 0 Å². The minimum atomic E-state index is -1.29. The Morgan fingerprint density at radius 2 is 1.74 bits per heavy atom. The van der Waals surface area contributed by atoms with Crippen LogP contribution in [0.1, 0.15) is 18.1 Å². The van der Waals surface area contributed by atoms with Crippen LogP contribution in [0.25, 0.3) is 0 Å². The van der Waals surface area contributed by atoms with E-state index in [-0.39, 0.29) is 12.2 Å². The van der Waals surface area contributed by atoms with E-state index in [1.54, 1.807) is 6.92 Å². The Morgan fingerprint density at radius 3 is 2.37 bits per heavy atom. The summed E-state index contributed by atoms with van der Waals surface area (Å²) in [5, 5.41) is 10.8. The van der Waals surface area contributed by atoms with Crippen LogP contribution >= 0.6 is 11.6 Å². The van der Waals surface area contributed by atoms with Crippen molar-refractivity contribution in [3.8, 4) is 0 Å². The zero-order chi connectivity index (χ0) is 14.0. The summed E-state index contributed by atoms with van der Waals surface area (Å²) in [6, 6.07) is 9.69. The molecule has 1 nitrogen and oxygen atoms in total. The van der Waals surface area contributed by atoms with Crippen molar-refractivity contribution in [1.82, 2.24) is 0 Å². The molecule has 0 saturated heterocycles. The normalized spacial score (nSPS) is 14.2. The minimum absolute atomic E-state index is 0.0605. The molecule has 0 saturated carbocycles. The number of benzene rings is 2. The third-order valence-electron chi connectivity index (χ3n) is 3.01. The van der Waals surface area contributed by atoms with Gasteiger partial charge in [0.05, 0.1) is 5.60 Å². The van der Waals surface area contributed by atoms with E-state index in [1.807, 2.05) is 0 Å². The van der Waals surface area contributed by atoms with Gasteiger partial charge in [0.15, 0.2) is 0 Å².